The fraction of sp³-hybridized carbons (Fsp3) is 0.364. The Kier molecular flexibility index (Phi) is 5.33. The van der Waals surface area contributed by atoms with Gasteiger partial charge in [0.1, 0.15) is 6.10 Å². The largest absolute Gasteiger partial charge is 0.382 e. The summed E-state index contributed by atoms with van der Waals surface area (Å²) in [6.45, 7) is 2.21. The zero-order chi connectivity index (χ0) is 17.9. The number of rotatable bonds is 6. The molecular weight excluding hydrogens is 318 g/mol. The molecule has 1 aliphatic carbocycles. The maximum atomic E-state index is 14.0. The lowest BCUT2D eigenvalue weighted by Gasteiger charge is -2.26. The molecule has 3 heteroatoms. The Morgan fingerprint density at radius 2 is 1.68 bits per heavy atom. The van der Waals surface area contributed by atoms with Crippen LogP contribution in [0.25, 0.3) is 17.2 Å². The quantitative estimate of drug-likeness (QED) is 0.643. The Morgan fingerprint density at radius 3 is 2.40 bits per heavy atom. The lowest BCUT2D eigenvalue weighted by atomic mass is 9.89. The molecule has 1 unspecified atom stereocenters. The summed E-state index contributed by atoms with van der Waals surface area (Å²) in [5.74, 6) is -3.23. The second kappa shape index (κ2) is 7.49. The van der Waals surface area contributed by atoms with Crippen molar-refractivity contribution in [3.8, 4) is 11.1 Å². The number of aryl methyl sites for hydroxylation is 1. The first kappa shape index (κ1) is 17.8. The fourth-order valence-corrected chi connectivity index (χ4v) is 3.28. The molecule has 0 aromatic heterocycles. The summed E-state index contributed by atoms with van der Waals surface area (Å²) in [7, 11) is 0. The number of alkyl halides is 2. The van der Waals surface area contributed by atoms with Gasteiger partial charge < -0.3 is 5.11 Å². The smallest absolute Gasteiger partial charge is 0.302 e. The fourth-order valence-electron chi connectivity index (χ4n) is 3.28. The Bertz CT molecular complexity index is 747. The van der Waals surface area contributed by atoms with Crippen LogP contribution in [0.4, 0.5) is 8.78 Å². The van der Waals surface area contributed by atoms with E-state index >= 15 is 0 Å². The highest BCUT2D eigenvalue weighted by Gasteiger charge is 2.42. The number of fused-ring (bicyclic) bond motifs is 1. The van der Waals surface area contributed by atoms with Gasteiger partial charge in [0.15, 0.2) is 0 Å². The van der Waals surface area contributed by atoms with E-state index in [2.05, 4.69) is 31.2 Å². The number of benzene rings is 2. The molecule has 1 N–H and O–H groups in total. The van der Waals surface area contributed by atoms with Gasteiger partial charge in [0.05, 0.1) is 0 Å². The first-order valence-corrected chi connectivity index (χ1v) is 9.00. The van der Waals surface area contributed by atoms with Crippen LogP contribution in [0.1, 0.15) is 49.3 Å². The summed E-state index contributed by atoms with van der Waals surface area (Å²) in [6, 6.07) is 13.2. The molecule has 0 amide bonds. The van der Waals surface area contributed by atoms with Gasteiger partial charge in [0.25, 0.3) is 0 Å². The molecule has 1 aliphatic rings. The van der Waals surface area contributed by atoms with Crippen molar-refractivity contribution in [3.05, 3.63) is 65.2 Å². The Hall–Kier alpha value is -2.00. The molecule has 132 valence electrons. The molecule has 0 radical (unpaired) electrons. The SMILES string of the molecule is CCCCCCc1ccc(-c2ccc3c(c2)C=CC(O)C3(F)F)cc1. The van der Waals surface area contributed by atoms with Gasteiger partial charge in [0.2, 0.25) is 0 Å². The molecule has 0 bridgehead atoms. The van der Waals surface area contributed by atoms with E-state index in [-0.39, 0.29) is 5.56 Å². The van der Waals surface area contributed by atoms with Gasteiger partial charge in [-0.15, -0.1) is 0 Å². The van der Waals surface area contributed by atoms with Crippen molar-refractivity contribution in [2.75, 3.05) is 0 Å². The van der Waals surface area contributed by atoms with Gasteiger partial charge in [-0.3, -0.25) is 0 Å². The summed E-state index contributed by atoms with van der Waals surface area (Å²) < 4.78 is 28.1. The highest BCUT2D eigenvalue weighted by molar-refractivity contribution is 5.71. The van der Waals surface area contributed by atoms with Crippen molar-refractivity contribution in [2.24, 2.45) is 0 Å². The third kappa shape index (κ3) is 3.82. The zero-order valence-electron chi connectivity index (χ0n) is 14.5. The average Bonchev–Trinajstić information content (AvgIpc) is 2.62. The molecule has 0 aliphatic heterocycles. The minimum Gasteiger partial charge on any atom is -0.382 e. The molecule has 0 heterocycles. The van der Waals surface area contributed by atoms with Crippen LogP contribution in [0.15, 0.2) is 48.5 Å². The standard InChI is InChI=1S/C22H24F2O/c1-2-3-4-5-6-16-7-9-17(10-8-16)18-11-13-20-19(15-18)12-14-21(25)22(20,23)24/h7-15,21,25H,2-6H2,1H3. The zero-order valence-corrected chi connectivity index (χ0v) is 14.5. The lowest BCUT2D eigenvalue weighted by Crippen LogP contribution is -2.32. The number of hydrogen-bond donors (Lipinski definition) is 1. The Labute approximate surface area is 148 Å². The molecule has 0 saturated carbocycles. The van der Waals surface area contributed by atoms with E-state index in [4.69, 9.17) is 0 Å². The van der Waals surface area contributed by atoms with Crippen molar-refractivity contribution in [1.82, 2.24) is 0 Å². The maximum absolute atomic E-state index is 14.0. The molecule has 0 spiro atoms. The van der Waals surface area contributed by atoms with Crippen LogP contribution in [0.2, 0.25) is 0 Å². The number of hydrogen-bond acceptors (Lipinski definition) is 1. The van der Waals surface area contributed by atoms with Crippen LogP contribution in [-0.2, 0) is 12.3 Å². The predicted molar refractivity (Wildman–Crippen MR) is 98.7 cm³/mol. The predicted octanol–water partition coefficient (Wildman–Crippen LogP) is 5.96. The summed E-state index contributed by atoms with van der Waals surface area (Å²) >= 11 is 0. The lowest BCUT2D eigenvalue weighted by molar-refractivity contribution is -0.0939. The average molecular weight is 342 g/mol. The van der Waals surface area contributed by atoms with Crippen molar-refractivity contribution >= 4 is 6.08 Å². The van der Waals surface area contributed by atoms with Crippen molar-refractivity contribution < 1.29 is 13.9 Å². The first-order valence-electron chi connectivity index (χ1n) is 9.00. The summed E-state index contributed by atoms with van der Waals surface area (Å²) in [5.41, 5.74) is 3.60. The molecule has 3 rings (SSSR count). The van der Waals surface area contributed by atoms with E-state index in [1.165, 1.54) is 37.3 Å². The number of aliphatic hydroxyl groups is 1. The van der Waals surface area contributed by atoms with E-state index in [0.717, 1.165) is 23.6 Å². The summed E-state index contributed by atoms with van der Waals surface area (Å²) in [4.78, 5) is 0. The third-order valence-electron chi connectivity index (χ3n) is 4.85. The molecule has 1 atom stereocenters. The molecule has 1 nitrogen and oxygen atoms in total. The second-order valence-corrected chi connectivity index (χ2v) is 6.74. The maximum Gasteiger partial charge on any atom is 0.302 e. The van der Waals surface area contributed by atoms with Crippen LogP contribution in [0.5, 0.6) is 0 Å². The minimum atomic E-state index is -3.23. The number of aliphatic hydroxyl groups excluding tert-OH is 1. The molecule has 2 aromatic rings. The van der Waals surface area contributed by atoms with Crippen LogP contribution in [0.3, 0.4) is 0 Å². The number of halogens is 2. The van der Waals surface area contributed by atoms with E-state index in [0.29, 0.717) is 5.56 Å². The van der Waals surface area contributed by atoms with Crippen LogP contribution >= 0.6 is 0 Å². The van der Waals surface area contributed by atoms with Gasteiger partial charge in [-0.25, -0.2) is 0 Å². The van der Waals surface area contributed by atoms with E-state index < -0.39 is 12.0 Å². The molecule has 2 aromatic carbocycles. The summed E-state index contributed by atoms with van der Waals surface area (Å²) in [6.07, 6.45) is 7.04. The number of unbranched alkanes of at least 4 members (excludes halogenated alkanes) is 3. The van der Waals surface area contributed by atoms with Gasteiger partial charge in [-0.1, -0.05) is 68.7 Å². The van der Waals surface area contributed by atoms with Crippen molar-refractivity contribution in [2.45, 2.75) is 51.1 Å². The minimum absolute atomic E-state index is 0.112. The third-order valence-corrected chi connectivity index (χ3v) is 4.85. The second-order valence-electron chi connectivity index (χ2n) is 6.74. The van der Waals surface area contributed by atoms with Gasteiger partial charge in [-0.2, -0.15) is 8.78 Å². The van der Waals surface area contributed by atoms with Crippen LogP contribution in [-0.4, -0.2) is 11.2 Å². The Morgan fingerprint density at radius 1 is 0.960 bits per heavy atom. The van der Waals surface area contributed by atoms with Crippen LogP contribution < -0.4 is 0 Å². The highest BCUT2D eigenvalue weighted by Crippen LogP contribution is 2.40. The summed E-state index contributed by atoms with van der Waals surface area (Å²) in [5, 5.41) is 9.47. The van der Waals surface area contributed by atoms with Crippen molar-refractivity contribution in [1.29, 1.82) is 0 Å². The van der Waals surface area contributed by atoms with Crippen molar-refractivity contribution in [3.63, 3.8) is 0 Å². The van der Waals surface area contributed by atoms with E-state index in [1.807, 2.05) is 0 Å². The monoisotopic (exact) mass is 342 g/mol. The van der Waals surface area contributed by atoms with Gasteiger partial charge >= 0.3 is 5.92 Å². The normalized spacial score (nSPS) is 18.2. The molecule has 0 saturated heterocycles. The topological polar surface area (TPSA) is 20.2 Å². The Balaban J connectivity index is 1.76. The molecule has 25 heavy (non-hydrogen) atoms. The highest BCUT2D eigenvalue weighted by atomic mass is 19.3. The molecule has 0 fully saturated rings. The first-order chi connectivity index (χ1) is 12.0. The van der Waals surface area contributed by atoms with Crippen LogP contribution in [0, 0.1) is 0 Å². The van der Waals surface area contributed by atoms with Gasteiger partial charge in [0, 0.05) is 5.56 Å². The van der Waals surface area contributed by atoms with E-state index in [1.54, 1.807) is 18.2 Å². The van der Waals surface area contributed by atoms with E-state index in [9.17, 15) is 13.9 Å². The van der Waals surface area contributed by atoms with Gasteiger partial charge in [-0.05, 0) is 47.2 Å². The molecular formula is C22H24F2O.